The first kappa shape index (κ1) is 14.7. The number of carbonyl (C=O) groups excluding carboxylic acids is 1. The van der Waals surface area contributed by atoms with Crippen LogP contribution in [0.1, 0.15) is 26.2 Å². The highest BCUT2D eigenvalue weighted by Crippen LogP contribution is 2.18. The molecule has 1 fully saturated rings. The van der Waals surface area contributed by atoms with Crippen LogP contribution in [0, 0.1) is 5.92 Å². The number of halogens is 1. The van der Waals surface area contributed by atoms with Gasteiger partial charge in [0.2, 0.25) is 15.9 Å². The fourth-order valence-corrected chi connectivity index (χ4v) is 2.96. The maximum Gasteiger partial charge on any atom is 0.221 e. The average Bonchev–Trinajstić information content (AvgIpc) is 3.00. The fraction of sp³-hybridized carbons (Fsp3) is 0.900. The second kappa shape index (κ2) is 6.56. The quantitative estimate of drug-likeness (QED) is 0.635. The van der Waals surface area contributed by atoms with Crippen molar-refractivity contribution in [3.05, 3.63) is 0 Å². The Morgan fingerprint density at radius 2 is 2.12 bits per heavy atom. The van der Waals surface area contributed by atoms with Crippen LogP contribution in [0.25, 0.3) is 0 Å². The third kappa shape index (κ3) is 6.85. The highest BCUT2D eigenvalue weighted by atomic mass is 35.5. The summed E-state index contributed by atoms with van der Waals surface area (Å²) in [6.45, 7) is 1.92. The predicted octanol–water partition coefficient (Wildman–Crippen LogP) is 0.449. The third-order valence-electron chi connectivity index (χ3n) is 2.38. The van der Waals surface area contributed by atoms with Crippen molar-refractivity contribution in [1.29, 1.82) is 0 Å². The Balaban J connectivity index is 2.17. The molecule has 0 spiro atoms. The summed E-state index contributed by atoms with van der Waals surface area (Å²) in [5, 5.41) is 2.80. The largest absolute Gasteiger partial charge is 0.353 e. The summed E-state index contributed by atoms with van der Waals surface area (Å²) in [5.41, 5.74) is 0. The van der Waals surface area contributed by atoms with Gasteiger partial charge >= 0.3 is 0 Å². The van der Waals surface area contributed by atoms with E-state index in [1.807, 2.05) is 0 Å². The van der Waals surface area contributed by atoms with E-state index in [2.05, 4.69) is 10.0 Å². The van der Waals surface area contributed by atoms with Gasteiger partial charge in [-0.15, -0.1) is 11.6 Å². The first-order valence-electron chi connectivity index (χ1n) is 5.75. The Kier molecular flexibility index (Phi) is 5.69. The molecule has 1 aliphatic rings. The molecule has 100 valence electrons. The van der Waals surface area contributed by atoms with E-state index >= 15 is 0 Å². The first-order valence-corrected chi connectivity index (χ1v) is 7.94. The van der Waals surface area contributed by atoms with Crippen LogP contribution in [0.2, 0.25) is 0 Å². The molecule has 0 aromatic rings. The summed E-state index contributed by atoms with van der Waals surface area (Å²) in [6.07, 6.45) is 2.25. The summed E-state index contributed by atoms with van der Waals surface area (Å²) in [5.74, 6) is 0.124. The van der Waals surface area contributed by atoms with Crippen molar-refractivity contribution >= 4 is 27.5 Å². The summed E-state index contributed by atoms with van der Waals surface area (Å²) in [4.78, 5) is 11.3. The zero-order chi connectivity index (χ0) is 12.9. The summed E-state index contributed by atoms with van der Waals surface area (Å²) in [7, 11) is -3.32. The second-order valence-corrected chi connectivity index (χ2v) is 6.69. The Bertz CT molecular complexity index is 355. The Hall–Kier alpha value is -0.330. The van der Waals surface area contributed by atoms with Crippen LogP contribution in [0.4, 0.5) is 0 Å². The van der Waals surface area contributed by atoms with E-state index in [0.29, 0.717) is 11.9 Å². The number of rotatable bonds is 8. The number of amides is 1. The summed E-state index contributed by atoms with van der Waals surface area (Å²) >= 11 is 5.55. The van der Waals surface area contributed by atoms with Crippen LogP contribution >= 0.6 is 11.6 Å². The number of nitrogens with one attached hydrogen (secondary N) is 2. The molecule has 5 nitrogen and oxygen atoms in total. The number of hydrogen-bond donors (Lipinski definition) is 2. The lowest BCUT2D eigenvalue weighted by atomic mass is 10.3. The van der Waals surface area contributed by atoms with Gasteiger partial charge in [-0.1, -0.05) is 6.92 Å². The molecular weight excluding hydrogens is 264 g/mol. The standard InChI is InChI=1S/C10H19ClN2O3S/c1-8(6-11)7-17(15,16)12-5-4-10(14)13-9-2-3-9/h8-9,12H,2-7H2,1H3,(H,13,14). The maximum absolute atomic E-state index is 11.5. The van der Waals surface area contributed by atoms with Gasteiger partial charge in [-0.3, -0.25) is 4.79 Å². The number of sulfonamides is 1. The molecule has 17 heavy (non-hydrogen) atoms. The number of carbonyl (C=O) groups is 1. The minimum atomic E-state index is -3.32. The van der Waals surface area contributed by atoms with Crippen molar-refractivity contribution < 1.29 is 13.2 Å². The predicted molar refractivity (Wildman–Crippen MR) is 67.5 cm³/mol. The molecule has 0 aromatic carbocycles. The fourth-order valence-electron chi connectivity index (χ4n) is 1.33. The Labute approximate surface area is 107 Å². The molecule has 1 atom stereocenters. The van der Waals surface area contributed by atoms with Crippen molar-refractivity contribution in [3.8, 4) is 0 Å². The molecule has 1 unspecified atom stereocenters. The van der Waals surface area contributed by atoms with E-state index in [-0.39, 0.29) is 30.5 Å². The minimum absolute atomic E-state index is 0.000738. The molecule has 0 bridgehead atoms. The van der Waals surface area contributed by atoms with Gasteiger partial charge in [0.25, 0.3) is 0 Å². The van der Waals surface area contributed by atoms with Crippen molar-refractivity contribution in [3.63, 3.8) is 0 Å². The van der Waals surface area contributed by atoms with E-state index in [4.69, 9.17) is 11.6 Å². The third-order valence-corrected chi connectivity index (χ3v) is 4.56. The van der Waals surface area contributed by atoms with Gasteiger partial charge in [-0.05, 0) is 18.8 Å². The molecule has 1 amide bonds. The zero-order valence-corrected chi connectivity index (χ0v) is 11.5. The zero-order valence-electron chi connectivity index (χ0n) is 9.91. The minimum Gasteiger partial charge on any atom is -0.353 e. The lowest BCUT2D eigenvalue weighted by Crippen LogP contribution is -2.34. The van der Waals surface area contributed by atoms with Crippen molar-refractivity contribution in [2.75, 3.05) is 18.2 Å². The van der Waals surface area contributed by atoms with Crippen molar-refractivity contribution in [2.45, 2.75) is 32.2 Å². The van der Waals surface area contributed by atoms with E-state index in [1.54, 1.807) is 6.92 Å². The molecular formula is C10H19ClN2O3S. The van der Waals surface area contributed by atoms with Gasteiger partial charge in [0.05, 0.1) is 5.75 Å². The van der Waals surface area contributed by atoms with Gasteiger partial charge < -0.3 is 5.32 Å². The average molecular weight is 283 g/mol. The van der Waals surface area contributed by atoms with Crippen LogP contribution in [-0.4, -0.2) is 38.5 Å². The van der Waals surface area contributed by atoms with E-state index < -0.39 is 10.0 Å². The van der Waals surface area contributed by atoms with Gasteiger partial charge in [-0.25, -0.2) is 13.1 Å². The number of hydrogen-bond acceptors (Lipinski definition) is 3. The van der Waals surface area contributed by atoms with Crippen LogP contribution in [-0.2, 0) is 14.8 Å². The number of alkyl halides is 1. The van der Waals surface area contributed by atoms with Crippen molar-refractivity contribution in [1.82, 2.24) is 10.0 Å². The molecule has 1 aliphatic carbocycles. The smallest absolute Gasteiger partial charge is 0.221 e. The van der Waals surface area contributed by atoms with Crippen LogP contribution in [0.5, 0.6) is 0 Å². The van der Waals surface area contributed by atoms with Crippen molar-refractivity contribution in [2.24, 2.45) is 5.92 Å². The van der Waals surface area contributed by atoms with E-state index in [0.717, 1.165) is 12.8 Å². The van der Waals surface area contributed by atoms with E-state index in [1.165, 1.54) is 0 Å². The van der Waals surface area contributed by atoms with E-state index in [9.17, 15) is 13.2 Å². The molecule has 0 saturated heterocycles. The highest BCUT2D eigenvalue weighted by molar-refractivity contribution is 7.89. The molecule has 0 radical (unpaired) electrons. The molecule has 2 N–H and O–H groups in total. The SMILES string of the molecule is CC(CCl)CS(=O)(=O)NCCC(=O)NC1CC1. The normalized spacial score (nSPS) is 17.8. The first-order chi connectivity index (χ1) is 7.93. The summed E-state index contributed by atoms with van der Waals surface area (Å²) in [6, 6.07) is 0.315. The lowest BCUT2D eigenvalue weighted by Gasteiger charge is -2.10. The van der Waals surface area contributed by atoms with Crippen LogP contribution in [0.15, 0.2) is 0 Å². The van der Waals surface area contributed by atoms with Gasteiger partial charge in [0.1, 0.15) is 0 Å². The Morgan fingerprint density at radius 1 is 1.47 bits per heavy atom. The lowest BCUT2D eigenvalue weighted by molar-refractivity contribution is -0.121. The Morgan fingerprint density at radius 3 is 2.65 bits per heavy atom. The van der Waals surface area contributed by atoms with Gasteiger partial charge in [0, 0.05) is 24.9 Å². The molecule has 7 heteroatoms. The van der Waals surface area contributed by atoms with Gasteiger partial charge in [0.15, 0.2) is 0 Å². The maximum atomic E-state index is 11.5. The molecule has 1 rings (SSSR count). The molecule has 0 aromatic heterocycles. The molecule has 1 saturated carbocycles. The molecule has 0 aliphatic heterocycles. The monoisotopic (exact) mass is 282 g/mol. The highest BCUT2D eigenvalue weighted by Gasteiger charge is 2.23. The topological polar surface area (TPSA) is 75.3 Å². The van der Waals surface area contributed by atoms with Gasteiger partial charge in [-0.2, -0.15) is 0 Å². The molecule has 0 heterocycles. The summed E-state index contributed by atoms with van der Waals surface area (Å²) < 4.78 is 25.4. The van der Waals surface area contributed by atoms with Crippen LogP contribution in [0.3, 0.4) is 0 Å². The van der Waals surface area contributed by atoms with Crippen LogP contribution < -0.4 is 10.0 Å². The second-order valence-electron chi connectivity index (χ2n) is 4.53.